The van der Waals surface area contributed by atoms with Crippen LogP contribution in [-0.2, 0) is 16.0 Å². The fourth-order valence-corrected chi connectivity index (χ4v) is 3.02. The molecule has 2 amide bonds. The van der Waals surface area contributed by atoms with E-state index in [-0.39, 0.29) is 24.2 Å². The van der Waals surface area contributed by atoms with Crippen molar-refractivity contribution in [3.05, 3.63) is 54.1 Å². The summed E-state index contributed by atoms with van der Waals surface area (Å²) in [6.45, 7) is 2.45. The molecular weight excluding hydrogens is 316 g/mol. The molecule has 0 bridgehead atoms. The van der Waals surface area contributed by atoms with E-state index >= 15 is 0 Å². The van der Waals surface area contributed by atoms with Gasteiger partial charge in [-0.2, -0.15) is 0 Å². The molecule has 1 aliphatic heterocycles. The fourth-order valence-electron chi connectivity index (χ4n) is 3.02. The molecule has 0 saturated carbocycles. The second-order valence-corrected chi connectivity index (χ2v) is 6.15. The highest BCUT2D eigenvalue weighted by molar-refractivity contribution is 6.03. The molecule has 1 atom stereocenters. The van der Waals surface area contributed by atoms with Crippen LogP contribution in [0.15, 0.2) is 48.5 Å². The van der Waals surface area contributed by atoms with Crippen molar-refractivity contribution < 1.29 is 14.3 Å². The van der Waals surface area contributed by atoms with Crippen molar-refractivity contribution in [2.24, 2.45) is 5.92 Å². The van der Waals surface area contributed by atoms with Gasteiger partial charge in [0, 0.05) is 30.4 Å². The number of aryl methyl sites for hydroxylation is 1. The lowest BCUT2D eigenvalue weighted by Crippen LogP contribution is -2.28. The van der Waals surface area contributed by atoms with Crippen LogP contribution < -0.4 is 15.0 Å². The Morgan fingerprint density at radius 1 is 1.24 bits per heavy atom. The van der Waals surface area contributed by atoms with Gasteiger partial charge in [-0.05, 0) is 36.2 Å². The highest BCUT2D eigenvalue weighted by Crippen LogP contribution is 2.28. The van der Waals surface area contributed by atoms with Crippen molar-refractivity contribution in [1.29, 1.82) is 0 Å². The van der Waals surface area contributed by atoms with E-state index in [2.05, 4.69) is 12.2 Å². The summed E-state index contributed by atoms with van der Waals surface area (Å²) in [6, 6.07) is 15.1. The molecule has 130 valence electrons. The first kappa shape index (κ1) is 17.0. The summed E-state index contributed by atoms with van der Waals surface area (Å²) in [5.74, 6) is 0.168. The Kier molecular flexibility index (Phi) is 5.03. The summed E-state index contributed by atoms with van der Waals surface area (Å²) in [5.41, 5.74) is 2.70. The number of methoxy groups -OCH3 is 1. The number of carbonyl (C=O) groups excluding carboxylic acids is 2. The number of hydrogen-bond acceptors (Lipinski definition) is 3. The Balaban J connectivity index is 1.69. The third kappa shape index (κ3) is 3.82. The van der Waals surface area contributed by atoms with Gasteiger partial charge >= 0.3 is 0 Å². The highest BCUT2D eigenvalue weighted by atomic mass is 16.5. The predicted octanol–water partition coefficient (Wildman–Crippen LogP) is 3.25. The molecule has 0 aromatic heterocycles. The van der Waals surface area contributed by atoms with E-state index in [1.165, 1.54) is 5.56 Å². The zero-order valence-electron chi connectivity index (χ0n) is 14.5. The van der Waals surface area contributed by atoms with Crippen molar-refractivity contribution in [2.45, 2.75) is 19.8 Å². The van der Waals surface area contributed by atoms with Gasteiger partial charge in [0.25, 0.3) is 0 Å². The number of nitrogens with one attached hydrogen (secondary N) is 1. The van der Waals surface area contributed by atoms with Crippen LogP contribution in [0.3, 0.4) is 0 Å². The van der Waals surface area contributed by atoms with Crippen LogP contribution in [0.1, 0.15) is 18.9 Å². The van der Waals surface area contributed by atoms with Gasteiger partial charge < -0.3 is 15.0 Å². The lowest BCUT2D eigenvalue weighted by molar-refractivity contribution is -0.122. The van der Waals surface area contributed by atoms with E-state index in [4.69, 9.17) is 4.74 Å². The molecule has 1 fully saturated rings. The van der Waals surface area contributed by atoms with Crippen LogP contribution in [0, 0.1) is 5.92 Å². The molecule has 3 rings (SSSR count). The monoisotopic (exact) mass is 338 g/mol. The molecule has 0 radical (unpaired) electrons. The minimum absolute atomic E-state index is 0.0456. The number of nitrogens with zero attached hydrogens (tertiary/aromatic N) is 1. The smallest absolute Gasteiger partial charge is 0.229 e. The standard InChI is InChI=1S/C20H22N2O3/c1-3-14-6-4-7-16(10-14)21-20(24)15-11-19(23)22(13-15)17-8-5-9-18(12-17)25-2/h4-10,12,15H,3,11,13H2,1-2H3,(H,21,24). The van der Waals surface area contributed by atoms with Crippen molar-refractivity contribution in [1.82, 2.24) is 0 Å². The number of anilines is 2. The minimum atomic E-state index is -0.357. The van der Waals surface area contributed by atoms with Crippen LogP contribution >= 0.6 is 0 Å². The van der Waals surface area contributed by atoms with Gasteiger partial charge in [-0.3, -0.25) is 9.59 Å². The highest BCUT2D eigenvalue weighted by Gasteiger charge is 2.35. The molecule has 1 saturated heterocycles. The third-order valence-corrected chi connectivity index (χ3v) is 4.46. The van der Waals surface area contributed by atoms with Gasteiger partial charge in [0.1, 0.15) is 5.75 Å². The molecule has 1 aliphatic rings. The Morgan fingerprint density at radius 2 is 2.04 bits per heavy atom. The minimum Gasteiger partial charge on any atom is -0.497 e. The molecule has 2 aromatic carbocycles. The van der Waals surface area contributed by atoms with Crippen LogP contribution in [0.25, 0.3) is 0 Å². The number of hydrogen-bond donors (Lipinski definition) is 1. The first-order valence-electron chi connectivity index (χ1n) is 8.45. The van der Waals surface area contributed by atoms with E-state index < -0.39 is 0 Å². The lowest BCUT2D eigenvalue weighted by Gasteiger charge is -2.17. The Hall–Kier alpha value is -2.82. The zero-order chi connectivity index (χ0) is 17.8. The van der Waals surface area contributed by atoms with Crippen molar-refractivity contribution in [3.63, 3.8) is 0 Å². The first-order valence-corrected chi connectivity index (χ1v) is 8.45. The Bertz CT molecular complexity index is 788. The SMILES string of the molecule is CCc1cccc(NC(=O)C2CC(=O)N(c3cccc(OC)c3)C2)c1. The topological polar surface area (TPSA) is 58.6 Å². The largest absolute Gasteiger partial charge is 0.497 e. The van der Waals surface area contributed by atoms with E-state index in [0.717, 1.165) is 17.8 Å². The molecule has 1 heterocycles. The molecule has 5 heteroatoms. The molecule has 0 aliphatic carbocycles. The first-order chi connectivity index (χ1) is 12.1. The molecule has 25 heavy (non-hydrogen) atoms. The average Bonchev–Trinajstić information content (AvgIpc) is 3.04. The van der Waals surface area contributed by atoms with Crippen molar-refractivity contribution in [3.8, 4) is 5.75 Å². The third-order valence-electron chi connectivity index (χ3n) is 4.46. The number of amides is 2. The maximum atomic E-state index is 12.5. The van der Waals surface area contributed by atoms with E-state index in [0.29, 0.717) is 12.3 Å². The molecule has 1 unspecified atom stereocenters. The number of ether oxygens (including phenoxy) is 1. The van der Waals surface area contributed by atoms with Gasteiger partial charge in [0.2, 0.25) is 11.8 Å². The van der Waals surface area contributed by atoms with E-state index in [1.54, 1.807) is 12.0 Å². The van der Waals surface area contributed by atoms with Gasteiger partial charge in [0.15, 0.2) is 0 Å². The summed E-state index contributed by atoms with van der Waals surface area (Å²) in [6.07, 6.45) is 1.13. The van der Waals surface area contributed by atoms with Gasteiger partial charge in [0.05, 0.1) is 13.0 Å². The van der Waals surface area contributed by atoms with E-state index in [1.807, 2.05) is 48.5 Å². The van der Waals surface area contributed by atoms with Crippen LogP contribution in [0.2, 0.25) is 0 Å². The number of carbonyl (C=O) groups is 2. The molecule has 1 N–H and O–H groups in total. The van der Waals surface area contributed by atoms with Gasteiger partial charge in [-0.25, -0.2) is 0 Å². The quantitative estimate of drug-likeness (QED) is 0.910. The van der Waals surface area contributed by atoms with Crippen LogP contribution in [0.5, 0.6) is 5.75 Å². The Morgan fingerprint density at radius 3 is 2.80 bits per heavy atom. The zero-order valence-corrected chi connectivity index (χ0v) is 14.5. The summed E-state index contributed by atoms with van der Waals surface area (Å²) in [5, 5.41) is 2.93. The molecule has 5 nitrogen and oxygen atoms in total. The van der Waals surface area contributed by atoms with Crippen LogP contribution in [-0.4, -0.2) is 25.5 Å². The molecular formula is C20H22N2O3. The van der Waals surface area contributed by atoms with Crippen LogP contribution in [0.4, 0.5) is 11.4 Å². The van der Waals surface area contributed by atoms with Gasteiger partial charge in [-0.15, -0.1) is 0 Å². The summed E-state index contributed by atoms with van der Waals surface area (Å²) >= 11 is 0. The number of benzene rings is 2. The molecule has 2 aromatic rings. The summed E-state index contributed by atoms with van der Waals surface area (Å²) < 4.78 is 5.21. The summed E-state index contributed by atoms with van der Waals surface area (Å²) in [4.78, 5) is 26.5. The maximum absolute atomic E-state index is 12.5. The van der Waals surface area contributed by atoms with Crippen molar-refractivity contribution in [2.75, 3.05) is 23.9 Å². The Labute approximate surface area is 147 Å². The average molecular weight is 338 g/mol. The lowest BCUT2D eigenvalue weighted by atomic mass is 10.1. The number of rotatable bonds is 5. The van der Waals surface area contributed by atoms with Crippen molar-refractivity contribution >= 4 is 23.2 Å². The second-order valence-electron chi connectivity index (χ2n) is 6.15. The van der Waals surface area contributed by atoms with E-state index in [9.17, 15) is 9.59 Å². The second kappa shape index (κ2) is 7.38. The predicted molar refractivity (Wildman–Crippen MR) is 97.9 cm³/mol. The fraction of sp³-hybridized carbons (Fsp3) is 0.300. The maximum Gasteiger partial charge on any atom is 0.229 e. The normalized spacial score (nSPS) is 16.8. The molecule has 0 spiro atoms. The summed E-state index contributed by atoms with van der Waals surface area (Å²) in [7, 11) is 1.59. The van der Waals surface area contributed by atoms with Gasteiger partial charge in [-0.1, -0.05) is 25.1 Å².